The molecule has 0 spiro atoms. The number of carbonyl (C=O) groups excluding carboxylic acids is 1. The maximum absolute atomic E-state index is 13.7. The highest BCUT2D eigenvalue weighted by atomic mass is 19.1. The van der Waals surface area contributed by atoms with E-state index in [1.54, 1.807) is 0 Å². The van der Waals surface area contributed by atoms with Gasteiger partial charge in [-0.15, -0.1) is 0 Å². The van der Waals surface area contributed by atoms with Gasteiger partial charge in [-0.1, -0.05) is 12.8 Å². The van der Waals surface area contributed by atoms with Crippen LogP contribution in [0.5, 0.6) is 0 Å². The van der Waals surface area contributed by atoms with E-state index < -0.39 is 16.7 Å². The van der Waals surface area contributed by atoms with Crippen LogP contribution < -0.4 is 5.32 Å². The molecule has 7 heteroatoms. The zero-order chi connectivity index (χ0) is 15.4. The van der Waals surface area contributed by atoms with E-state index in [1.165, 1.54) is 12.8 Å². The fourth-order valence-corrected chi connectivity index (χ4v) is 2.14. The van der Waals surface area contributed by atoms with Gasteiger partial charge in [-0.05, 0) is 24.8 Å². The average molecular weight is 296 g/mol. The number of esters is 1. The van der Waals surface area contributed by atoms with Gasteiger partial charge in [0, 0.05) is 6.54 Å². The molecule has 1 aliphatic rings. The molecule has 1 aromatic carbocycles. The van der Waals surface area contributed by atoms with E-state index in [2.05, 4.69) is 10.1 Å². The zero-order valence-corrected chi connectivity index (χ0v) is 11.7. The second kappa shape index (κ2) is 6.51. The van der Waals surface area contributed by atoms with Gasteiger partial charge < -0.3 is 10.1 Å². The molecule has 0 bridgehead atoms. The van der Waals surface area contributed by atoms with E-state index in [0.29, 0.717) is 6.54 Å². The molecule has 1 aliphatic carbocycles. The monoisotopic (exact) mass is 296 g/mol. The number of nitro groups is 1. The second-order valence-electron chi connectivity index (χ2n) is 5.11. The third-order valence-electron chi connectivity index (χ3n) is 3.49. The number of anilines is 1. The number of nitro benzene ring substituents is 1. The van der Waals surface area contributed by atoms with E-state index in [-0.39, 0.29) is 16.9 Å². The number of hydrogen-bond donors (Lipinski definition) is 1. The van der Waals surface area contributed by atoms with Crippen LogP contribution in [-0.4, -0.2) is 24.5 Å². The van der Waals surface area contributed by atoms with Crippen LogP contribution in [0.2, 0.25) is 0 Å². The predicted octanol–water partition coefficient (Wildman–Crippen LogP) is 3.12. The summed E-state index contributed by atoms with van der Waals surface area (Å²) >= 11 is 0. The molecule has 0 aromatic heterocycles. The van der Waals surface area contributed by atoms with Crippen LogP contribution in [0.15, 0.2) is 12.1 Å². The van der Waals surface area contributed by atoms with Crippen molar-refractivity contribution in [2.45, 2.75) is 25.7 Å². The van der Waals surface area contributed by atoms with Gasteiger partial charge in [0.1, 0.15) is 11.5 Å². The first-order chi connectivity index (χ1) is 10.0. The molecule has 0 atom stereocenters. The van der Waals surface area contributed by atoms with Crippen LogP contribution in [0.4, 0.5) is 15.8 Å². The van der Waals surface area contributed by atoms with Crippen LogP contribution in [0.25, 0.3) is 0 Å². The Kier molecular flexibility index (Phi) is 4.72. The first-order valence-corrected chi connectivity index (χ1v) is 6.83. The van der Waals surface area contributed by atoms with Crippen molar-refractivity contribution in [3.05, 3.63) is 33.6 Å². The highest BCUT2D eigenvalue weighted by molar-refractivity contribution is 5.91. The number of halogens is 1. The summed E-state index contributed by atoms with van der Waals surface area (Å²) in [6, 6.07) is 1.88. The Morgan fingerprint density at radius 3 is 2.81 bits per heavy atom. The Hall–Kier alpha value is -2.18. The third kappa shape index (κ3) is 3.90. The summed E-state index contributed by atoms with van der Waals surface area (Å²) < 4.78 is 18.2. The zero-order valence-electron chi connectivity index (χ0n) is 11.7. The Morgan fingerprint density at radius 1 is 1.52 bits per heavy atom. The van der Waals surface area contributed by atoms with Gasteiger partial charge in [-0.2, -0.15) is 0 Å². The summed E-state index contributed by atoms with van der Waals surface area (Å²) in [7, 11) is 1.13. The topological polar surface area (TPSA) is 81.5 Å². The summed E-state index contributed by atoms with van der Waals surface area (Å²) in [5, 5.41) is 13.9. The van der Waals surface area contributed by atoms with Gasteiger partial charge in [0.25, 0.3) is 5.69 Å². The first kappa shape index (κ1) is 15.2. The molecule has 0 heterocycles. The highest BCUT2D eigenvalue weighted by Crippen LogP contribution is 2.33. The van der Waals surface area contributed by atoms with Crippen molar-refractivity contribution in [3.8, 4) is 0 Å². The molecule has 6 nitrogen and oxygen atoms in total. The van der Waals surface area contributed by atoms with E-state index >= 15 is 0 Å². The molecule has 0 aliphatic heterocycles. The van der Waals surface area contributed by atoms with Crippen molar-refractivity contribution in [2.24, 2.45) is 5.92 Å². The maximum Gasteiger partial charge on any atom is 0.340 e. The molecule has 1 aromatic rings. The van der Waals surface area contributed by atoms with Crippen LogP contribution in [0.1, 0.15) is 36.0 Å². The number of benzene rings is 1. The van der Waals surface area contributed by atoms with Crippen molar-refractivity contribution in [1.29, 1.82) is 0 Å². The van der Waals surface area contributed by atoms with E-state index in [9.17, 15) is 19.3 Å². The number of carbonyl (C=O) groups is 1. The maximum atomic E-state index is 13.7. The fourth-order valence-electron chi connectivity index (χ4n) is 2.14. The quantitative estimate of drug-likeness (QED) is 0.362. The fraction of sp³-hybridized carbons (Fsp3) is 0.500. The molecule has 1 N–H and O–H groups in total. The smallest absolute Gasteiger partial charge is 0.340 e. The molecule has 0 saturated heterocycles. The standard InChI is InChI=1S/C14H17FN2O4/c1-21-14(18)10-7-12(13(17(19)20)8-11(10)15)16-6-2-3-9-4-5-9/h7-9,16H,2-6H2,1H3. The van der Waals surface area contributed by atoms with E-state index in [4.69, 9.17) is 0 Å². The molecule has 0 amide bonds. The molecule has 1 saturated carbocycles. The van der Waals surface area contributed by atoms with Gasteiger partial charge in [0.15, 0.2) is 0 Å². The van der Waals surface area contributed by atoms with Crippen molar-refractivity contribution in [2.75, 3.05) is 19.0 Å². The lowest BCUT2D eigenvalue weighted by Crippen LogP contribution is -2.10. The summed E-state index contributed by atoms with van der Waals surface area (Å²) in [6.45, 7) is 0.545. The summed E-state index contributed by atoms with van der Waals surface area (Å²) in [4.78, 5) is 21.7. The first-order valence-electron chi connectivity index (χ1n) is 6.83. The van der Waals surface area contributed by atoms with Crippen molar-refractivity contribution in [1.82, 2.24) is 0 Å². The Labute approximate surface area is 121 Å². The molecule has 21 heavy (non-hydrogen) atoms. The largest absolute Gasteiger partial charge is 0.465 e. The van der Waals surface area contributed by atoms with Crippen molar-refractivity contribution >= 4 is 17.3 Å². The van der Waals surface area contributed by atoms with Gasteiger partial charge in [-0.3, -0.25) is 10.1 Å². The van der Waals surface area contributed by atoms with Crippen LogP contribution in [-0.2, 0) is 4.74 Å². The van der Waals surface area contributed by atoms with Crippen LogP contribution >= 0.6 is 0 Å². The Morgan fingerprint density at radius 2 is 2.24 bits per heavy atom. The molecule has 1 fully saturated rings. The number of hydrogen-bond acceptors (Lipinski definition) is 5. The van der Waals surface area contributed by atoms with Gasteiger partial charge in [0.2, 0.25) is 0 Å². The molecular formula is C14H17FN2O4. The number of nitrogens with zero attached hydrogens (tertiary/aromatic N) is 1. The van der Waals surface area contributed by atoms with Gasteiger partial charge in [-0.25, -0.2) is 9.18 Å². The summed E-state index contributed by atoms with van der Waals surface area (Å²) in [5.74, 6) is -1.04. The highest BCUT2D eigenvalue weighted by Gasteiger charge is 2.23. The number of methoxy groups -OCH3 is 1. The van der Waals surface area contributed by atoms with Gasteiger partial charge >= 0.3 is 5.97 Å². The number of rotatable bonds is 7. The summed E-state index contributed by atoms with van der Waals surface area (Å²) in [6.07, 6.45) is 4.46. The Bertz CT molecular complexity index is 558. The minimum atomic E-state index is -0.961. The van der Waals surface area contributed by atoms with Crippen molar-refractivity contribution < 1.29 is 18.8 Å². The lowest BCUT2D eigenvalue weighted by atomic mass is 10.1. The van der Waals surface area contributed by atoms with Gasteiger partial charge in [0.05, 0.1) is 23.7 Å². The SMILES string of the molecule is COC(=O)c1cc(NCCCC2CC2)c([N+](=O)[O-])cc1F. The average Bonchev–Trinajstić information content (AvgIpc) is 3.27. The van der Waals surface area contributed by atoms with Crippen molar-refractivity contribution in [3.63, 3.8) is 0 Å². The lowest BCUT2D eigenvalue weighted by Gasteiger charge is -2.09. The Balaban J connectivity index is 2.13. The lowest BCUT2D eigenvalue weighted by molar-refractivity contribution is -0.384. The molecule has 0 unspecified atom stereocenters. The normalized spacial score (nSPS) is 13.8. The van der Waals surface area contributed by atoms with Crippen LogP contribution in [0.3, 0.4) is 0 Å². The molecule has 0 radical (unpaired) electrons. The van der Waals surface area contributed by atoms with E-state index in [1.807, 2.05) is 0 Å². The number of ether oxygens (including phenoxy) is 1. The minimum Gasteiger partial charge on any atom is -0.465 e. The third-order valence-corrected chi connectivity index (χ3v) is 3.49. The summed E-state index contributed by atoms with van der Waals surface area (Å²) in [5.41, 5.74) is -0.558. The van der Waals surface area contributed by atoms with Crippen LogP contribution in [0, 0.1) is 21.8 Å². The molecular weight excluding hydrogens is 279 g/mol. The molecule has 2 rings (SSSR count). The second-order valence-corrected chi connectivity index (χ2v) is 5.11. The number of nitrogens with one attached hydrogen (secondary N) is 1. The predicted molar refractivity (Wildman–Crippen MR) is 74.8 cm³/mol. The van der Waals surface area contributed by atoms with E-state index in [0.717, 1.165) is 38.0 Å². The molecule has 114 valence electrons. The minimum absolute atomic E-state index is 0.137.